The van der Waals surface area contributed by atoms with Crippen molar-refractivity contribution >= 4 is 34.8 Å². The third kappa shape index (κ3) is 2.66. The Bertz CT molecular complexity index is 382. The van der Waals surface area contributed by atoms with Crippen LogP contribution in [-0.4, -0.2) is 5.91 Å². The van der Waals surface area contributed by atoms with Crippen LogP contribution < -0.4 is 5.32 Å². The number of carbonyl (C=O) groups excluding carboxylic acids is 1. The van der Waals surface area contributed by atoms with Crippen molar-refractivity contribution in [1.82, 2.24) is 0 Å². The van der Waals surface area contributed by atoms with Crippen molar-refractivity contribution < 1.29 is 4.79 Å². The van der Waals surface area contributed by atoms with Crippen molar-refractivity contribution in [3.63, 3.8) is 0 Å². The smallest absolute Gasteiger partial charge is 0.300 e. The van der Waals surface area contributed by atoms with Gasteiger partial charge in [-0.1, -0.05) is 23.2 Å². The molecule has 0 radical (unpaired) electrons. The van der Waals surface area contributed by atoms with E-state index in [1.807, 2.05) is 5.92 Å². The van der Waals surface area contributed by atoms with E-state index in [-0.39, 0.29) is 0 Å². The molecule has 0 saturated carbocycles. The van der Waals surface area contributed by atoms with Gasteiger partial charge in [0.05, 0.1) is 10.7 Å². The van der Waals surface area contributed by atoms with Crippen LogP contribution >= 0.6 is 23.2 Å². The highest BCUT2D eigenvalue weighted by atomic mass is 35.5. The Morgan fingerprint density at radius 1 is 1.46 bits per heavy atom. The van der Waals surface area contributed by atoms with Gasteiger partial charge in [-0.05, 0) is 24.1 Å². The van der Waals surface area contributed by atoms with Gasteiger partial charge in [0.25, 0.3) is 5.91 Å². The molecule has 13 heavy (non-hydrogen) atoms. The molecule has 0 aromatic heterocycles. The van der Waals surface area contributed by atoms with Gasteiger partial charge in [-0.15, -0.1) is 6.42 Å². The average molecular weight is 214 g/mol. The molecule has 1 rings (SSSR count). The first-order valence-electron chi connectivity index (χ1n) is 3.36. The number of halogens is 2. The van der Waals surface area contributed by atoms with Gasteiger partial charge >= 0.3 is 0 Å². The lowest BCUT2D eigenvalue weighted by atomic mass is 10.3. The van der Waals surface area contributed by atoms with Crippen LogP contribution in [0.25, 0.3) is 0 Å². The molecule has 0 aliphatic heterocycles. The summed E-state index contributed by atoms with van der Waals surface area (Å²) in [5.41, 5.74) is 0.453. The predicted molar refractivity (Wildman–Crippen MR) is 53.9 cm³/mol. The van der Waals surface area contributed by atoms with Crippen molar-refractivity contribution in [2.75, 3.05) is 5.32 Å². The molecule has 0 aliphatic carbocycles. The second-order valence-corrected chi connectivity index (χ2v) is 3.07. The van der Waals surface area contributed by atoms with Gasteiger partial charge in [-0.2, -0.15) is 0 Å². The highest BCUT2D eigenvalue weighted by molar-refractivity contribution is 6.36. The second kappa shape index (κ2) is 4.18. The summed E-state index contributed by atoms with van der Waals surface area (Å²) < 4.78 is 0. The number of anilines is 1. The summed E-state index contributed by atoms with van der Waals surface area (Å²) in [6.07, 6.45) is 4.87. The maximum Gasteiger partial charge on any atom is 0.300 e. The summed E-state index contributed by atoms with van der Waals surface area (Å²) in [4.78, 5) is 10.8. The first-order chi connectivity index (χ1) is 6.13. The molecule has 0 fully saturated rings. The van der Waals surface area contributed by atoms with E-state index in [1.54, 1.807) is 12.1 Å². The van der Waals surface area contributed by atoms with Crippen molar-refractivity contribution in [3.05, 3.63) is 28.2 Å². The summed E-state index contributed by atoms with van der Waals surface area (Å²) >= 11 is 11.4. The van der Waals surface area contributed by atoms with E-state index >= 15 is 0 Å². The summed E-state index contributed by atoms with van der Waals surface area (Å²) in [6.45, 7) is 0. The minimum atomic E-state index is -0.538. The Morgan fingerprint density at radius 3 is 2.69 bits per heavy atom. The highest BCUT2D eigenvalue weighted by Gasteiger charge is 2.02. The number of hydrogen-bond acceptors (Lipinski definition) is 1. The normalized spacial score (nSPS) is 9.00. The molecule has 66 valence electrons. The fourth-order valence-electron chi connectivity index (χ4n) is 0.749. The van der Waals surface area contributed by atoms with E-state index in [4.69, 9.17) is 29.6 Å². The Kier molecular flexibility index (Phi) is 3.18. The lowest BCUT2D eigenvalue weighted by Gasteiger charge is -2.03. The van der Waals surface area contributed by atoms with Gasteiger partial charge in [0.2, 0.25) is 0 Å². The highest BCUT2D eigenvalue weighted by Crippen LogP contribution is 2.24. The number of amides is 1. The summed E-state index contributed by atoms with van der Waals surface area (Å²) in [6, 6.07) is 4.72. The van der Waals surface area contributed by atoms with Crippen LogP contribution in [0.15, 0.2) is 18.2 Å². The van der Waals surface area contributed by atoms with Gasteiger partial charge in [0, 0.05) is 5.02 Å². The standard InChI is InChI=1S/C9H5Cl2NO/c1-2-9(13)12-8-4-3-6(10)5-7(8)11/h1,3-5H,(H,12,13). The van der Waals surface area contributed by atoms with E-state index in [0.717, 1.165) is 0 Å². The number of benzene rings is 1. The van der Waals surface area contributed by atoms with Gasteiger partial charge in [-0.25, -0.2) is 0 Å². The van der Waals surface area contributed by atoms with E-state index < -0.39 is 5.91 Å². The van der Waals surface area contributed by atoms with Crippen LogP contribution in [0.1, 0.15) is 0 Å². The molecule has 0 heterocycles. The summed E-state index contributed by atoms with van der Waals surface area (Å²) in [7, 11) is 0. The number of rotatable bonds is 1. The minimum Gasteiger partial charge on any atom is -0.314 e. The number of carbonyl (C=O) groups is 1. The zero-order valence-electron chi connectivity index (χ0n) is 6.47. The van der Waals surface area contributed by atoms with Crippen LogP contribution in [0, 0.1) is 12.3 Å². The fourth-order valence-corrected chi connectivity index (χ4v) is 1.20. The Hall–Kier alpha value is -1.17. The second-order valence-electron chi connectivity index (χ2n) is 2.22. The molecule has 1 N–H and O–H groups in total. The first kappa shape index (κ1) is 9.91. The molecule has 0 saturated heterocycles. The van der Waals surface area contributed by atoms with Gasteiger partial charge in [-0.3, -0.25) is 4.79 Å². The van der Waals surface area contributed by atoms with Crippen molar-refractivity contribution in [1.29, 1.82) is 0 Å². The topological polar surface area (TPSA) is 29.1 Å². The van der Waals surface area contributed by atoms with E-state index in [1.165, 1.54) is 6.07 Å². The molecule has 0 spiro atoms. The number of hydrogen-bond donors (Lipinski definition) is 1. The van der Waals surface area contributed by atoms with Crippen molar-refractivity contribution in [2.24, 2.45) is 0 Å². The molecule has 2 nitrogen and oxygen atoms in total. The molecule has 1 aromatic rings. The largest absolute Gasteiger partial charge is 0.314 e. The van der Waals surface area contributed by atoms with Crippen molar-refractivity contribution in [3.8, 4) is 12.3 Å². The molecule has 0 aliphatic rings. The zero-order valence-corrected chi connectivity index (χ0v) is 7.99. The van der Waals surface area contributed by atoms with Crippen LogP contribution in [0.5, 0.6) is 0 Å². The quantitative estimate of drug-likeness (QED) is 0.715. The Morgan fingerprint density at radius 2 is 2.15 bits per heavy atom. The molecule has 0 bridgehead atoms. The van der Waals surface area contributed by atoms with E-state index in [0.29, 0.717) is 15.7 Å². The van der Waals surface area contributed by atoms with Crippen LogP contribution in [0.4, 0.5) is 5.69 Å². The van der Waals surface area contributed by atoms with Crippen LogP contribution in [-0.2, 0) is 4.79 Å². The summed E-state index contributed by atoms with van der Waals surface area (Å²) in [5.74, 6) is 1.38. The zero-order chi connectivity index (χ0) is 9.84. The van der Waals surface area contributed by atoms with Gasteiger partial charge < -0.3 is 5.32 Å². The Balaban J connectivity index is 2.91. The third-order valence-electron chi connectivity index (χ3n) is 1.31. The maximum absolute atomic E-state index is 10.8. The predicted octanol–water partition coefficient (Wildman–Crippen LogP) is 2.57. The molecular formula is C9H5Cl2NO. The summed E-state index contributed by atoms with van der Waals surface area (Å²) in [5, 5.41) is 3.28. The molecule has 4 heteroatoms. The molecule has 1 amide bonds. The molecule has 0 unspecified atom stereocenters. The molecule has 1 aromatic carbocycles. The van der Waals surface area contributed by atoms with E-state index in [2.05, 4.69) is 5.32 Å². The monoisotopic (exact) mass is 213 g/mol. The lowest BCUT2D eigenvalue weighted by molar-refractivity contribution is -0.111. The maximum atomic E-state index is 10.8. The lowest BCUT2D eigenvalue weighted by Crippen LogP contribution is -2.08. The number of nitrogens with one attached hydrogen (secondary N) is 1. The van der Waals surface area contributed by atoms with Crippen LogP contribution in [0.2, 0.25) is 10.0 Å². The first-order valence-corrected chi connectivity index (χ1v) is 4.11. The number of terminal acetylenes is 1. The van der Waals surface area contributed by atoms with Gasteiger partial charge in [0.1, 0.15) is 0 Å². The SMILES string of the molecule is C#CC(=O)Nc1ccc(Cl)cc1Cl. The van der Waals surface area contributed by atoms with E-state index in [9.17, 15) is 4.79 Å². The molecular weight excluding hydrogens is 209 g/mol. The third-order valence-corrected chi connectivity index (χ3v) is 1.86. The van der Waals surface area contributed by atoms with Gasteiger partial charge in [0.15, 0.2) is 0 Å². The van der Waals surface area contributed by atoms with Crippen molar-refractivity contribution in [2.45, 2.75) is 0 Å². The Labute approximate surface area is 85.8 Å². The minimum absolute atomic E-state index is 0.358. The fraction of sp³-hybridized carbons (Fsp3) is 0. The molecule has 0 atom stereocenters. The van der Waals surface area contributed by atoms with Crippen LogP contribution in [0.3, 0.4) is 0 Å². The average Bonchev–Trinajstić information content (AvgIpc) is 2.09.